The molecule has 0 aliphatic rings. The van der Waals surface area contributed by atoms with Crippen LogP contribution in [0.5, 0.6) is 0 Å². The van der Waals surface area contributed by atoms with Gasteiger partial charge in [-0.2, -0.15) is 0 Å². The molecular weight excluding hydrogens is 789 g/mol. The number of furan rings is 1. The maximum Gasteiger partial charge on any atom is 0.121 e. The molecule has 253 valence electrons. The quantitative estimate of drug-likeness (QED) is 0.131. The Morgan fingerprint density at radius 1 is 0.700 bits per heavy atom. The van der Waals surface area contributed by atoms with Gasteiger partial charge >= 0.3 is 0 Å². The van der Waals surface area contributed by atoms with E-state index in [1.165, 1.54) is 11.8 Å². The number of fused-ring (bicyclic) bond motifs is 6. The van der Waals surface area contributed by atoms with E-state index in [1.807, 2.05) is 48.7 Å². The van der Waals surface area contributed by atoms with Crippen LogP contribution in [0.4, 0.5) is 0 Å². The maximum absolute atomic E-state index is 8.85. The smallest absolute Gasteiger partial charge is 0.121 e. The van der Waals surface area contributed by atoms with Crippen molar-refractivity contribution in [2.75, 3.05) is 0 Å². The number of benzene rings is 5. The van der Waals surface area contributed by atoms with Gasteiger partial charge in [0.2, 0.25) is 0 Å². The van der Waals surface area contributed by atoms with Crippen LogP contribution < -0.4 is 0 Å². The molecule has 3 aromatic heterocycles. The van der Waals surface area contributed by atoms with Gasteiger partial charge < -0.3 is 14.4 Å². The van der Waals surface area contributed by atoms with E-state index in [0.717, 1.165) is 49.2 Å². The Morgan fingerprint density at radius 3 is 2.20 bits per heavy atom. The van der Waals surface area contributed by atoms with Gasteiger partial charge in [-0.25, -0.2) is 0 Å². The maximum atomic E-state index is 8.85. The van der Waals surface area contributed by atoms with Gasteiger partial charge in [-0.3, -0.25) is 0 Å². The molecule has 1 radical (unpaired) electrons. The molecule has 5 aromatic carbocycles. The summed E-state index contributed by atoms with van der Waals surface area (Å²) in [6.07, 6.45) is 1.31. The van der Waals surface area contributed by atoms with Crippen molar-refractivity contribution in [3.8, 4) is 22.5 Å². The standard InChI is InChI=1S/C31H26NO.C15H16N.Ir/c1-19-18-32-28(15-22(19)17-31(2,3)4)25-11-7-10-24-27-14-21-13-12-20-8-5-6-9-23(20)26(21)16-29(27)33-30(24)25;1-15(2,3)13-9-10-14(16-11-13)12-7-5-4-6-8-12;/h5-10,12-16,18H,17H2,1-4H3;4-7,9-11H,1-3H3;/q2*-1;/i1D3,17D2;;. The van der Waals surface area contributed by atoms with Gasteiger partial charge in [-0.1, -0.05) is 113 Å². The van der Waals surface area contributed by atoms with Gasteiger partial charge in [0.15, 0.2) is 0 Å². The molecule has 50 heavy (non-hydrogen) atoms. The van der Waals surface area contributed by atoms with Gasteiger partial charge in [0.05, 0.1) is 5.58 Å². The third-order valence-electron chi connectivity index (χ3n) is 8.58. The Hall–Kier alpha value is -4.63. The fourth-order valence-electron chi connectivity index (χ4n) is 6.08. The summed E-state index contributed by atoms with van der Waals surface area (Å²) >= 11 is 0. The average molecular weight is 836 g/mol. The van der Waals surface area contributed by atoms with Crippen molar-refractivity contribution in [1.82, 2.24) is 9.97 Å². The van der Waals surface area contributed by atoms with Crippen molar-refractivity contribution >= 4 is 43.5 Å². The van der Waals surface area contributed by atoms with Crippen molar-refractivity contribution < 1.29 is 31.4 Å². The Labute approximate surface area is 316 Å². The van der Waals surface area contributed by atoms with Crippen molar-refractivity contribution in [2.45, 2.75) is 60.2 Å². The molecule has 0 aliphatic heterocycles. The van der Waals surface area contributed by atoms with Crippen LogP contribution >= 0.6 is 0 Å². The monoisotopic (exact) mass is 836 g/mol. The van der Waals surface area contributed by atoms with E-state index < -0.39 is 18.6 Å². The van der Waals surface area contributed by atoms with E-state index in [2.05, 4.69) is 91.4 Å². The molecule has 0 aliphatic carbocycles. The number of pyridine rings is 2. The fourth-order valence-corrected chi connectivity index (χ4v) is 6.08. The van der Waals surface area contributed by atoms with Gasteiger partial charge in [0.25, 0.3) is 0 Å². The third kappa shape index (κ3) is 7.29. The first-order chi connectivity index (χ1) is 25.4. The van der Waals surface area contributed by atoms with Crippen LogP contribution in [0.1, 0.15) is 65.1 Å². The molecular formula is C46H42IrN2O-2. The normalized spacial score (nSPS) is 13.8. The van der Waals surface area contributed by atoms with Crippen LogP contribution in [0, 0.1) is 24.4 Å². The molecule has 0 saturated carbocycles. The van der Waals surface area contributed by atoms with Gasteiger partial charge in [0.1, 0.15) is 5.58 Å². The first kappa shape index (κ1) is 29.1. The van der Waals surface area contributed by atoms with Crippen LogP contribution in [0.3, 0.4) is 0 Å². The summed E-state index contributed by atoms with van der Waals surface area (Å²) in [5.41, 5.74) is 4.91. The summed E-state index contributed by atoms with van der Waals surface area (Å²) in [7, 11) is 0. The molecule has 0 unspecified atom stereocenters. The fraction of sp³-hybridized carbons (Fsp3) is 0.217. The summed E-state index contributed by atoms with van der Waals surface area (Å²) in [5.74, 6) is 0. The molecule has 0 atom stereocenters. The number of rotatable bonds is 3. The first-order valence-electron chi connectivity index (χ1n) is 19.1. The molecule has 0 amide bonds. The number of hydrogen-bond acceptors (Lipinski definition) is 3. The predicted molar refractivity (Wildman–Crippen MR) is 206 cm³/mol. The SMILES string of the molecule is CC(C)(C)c1ccc(-c2[c-]cccc2)nc1.[2H]C([2H])([2H])c1cnc(-c2[c-]ccc3c2oc2cc4c(ccc5ccccc54)cc23)cc1C([2H])([2H])C(C)(C)C.[Ir]. The number of nitrogens with zero attached hydrogens (tertiary/aromatic N) is 2. The summed E-state index contributed by atoms with van der Waals surface area (Å²) in [6, 6.07) is 40.5. The molecule has 3 nitrogen and oxygen atoms in total. The van der Waals surface area contributed by atoms with Crippen LogP contribution in [0.2, 0.25) is 0 Å². The van der Waals surface area contributed by atoms with Gasteiger partial charge in [-0.15, -0.1) is 54.1 Å². The Kier molecular flexibility index (Phi) is 8.12. The topological polar surface area (TPSA) is 38.9 Å². The third-order valence-corrected chi connectivity index (χ3v) is 8.58. The van der Waals surface area contributed by atoms with E-state index in [1.54, 1.807) is 32.9 Å². The molecule has 0 bridgehead atoms. The minimum atomic E-state index is -2.50. The van der Waals surface area contributed by atoms with Crippen molar-refractivity contribution in [3.05, 3.63) is 144 Å². The molecule has 0 spiro atoms. The molecule has 4 heteroatoms. The summed E-state index contributed by atoms with van der Waals surface area (Å²) in [4.78, 5) is 8.95. The van der Waals surface area contributed by atoms with Crippen LogP contribution in [0.25, 0.3) is 66.0 Å². The van der Waals surface area contributed by atoms with Crippen LogP contribution in [-0.2, 0) is 31.9 Å². The molecule has 0 saturated heterocycles. The van der Waals surface area contributed by atoms with E-state index in [0.29, 0.717) is 16.8 Å². The second-order valence-electron chi connectivity index (χ2n) is 14.5. The summed E-state index contributed by atoms with van der Waals surface area (Å²) < 4.78 is 48.1. The van der Waals surface area contributed by atoms with E-state index in [-0.39, 0.29) is 36.6 Å². The van der Waals surface area contributed by atoms with Crippen LogP contribution in [0.15, 0.2) is 120 Å². The summed E-state index contributed by atoms with van der Waals surface area (Å²) in [6.45, 7) is 9.36. The molecule has 8 aromatic rings. The van der Waals surface area contributed by atoms with E-state index >= 15 is 0 Å². The van der Waals surface area contributed by atoms with E-state index in [9.17, 15) is 0 Å². The molecule has 0 fully saturated rings. The van der Waals surface area contributed by atoms with E-state index in [4.69, 9.17) is 11.3 Å². The van der Waals surface area contributed by atoms with Crippen molar-refractivity contribution in [3.63, 3.8) is 0 Å². The average Bonchev–Trinajstić information content (AvgIpc) is 3.51. The van der Waals surface area contributed by atoms with Crippen LogP contribution in [-0.4, -0.2) is 9.97 Å². The Bertz CT molecular complexity index is 2640. The summed E-state index contributed by atoms with van der Waals surface area (Å²) in [5, 5.41) is 6.36. The first-order valence-corrected chi connectivity index (χ1v) is 16.6. The van der Waals surface area contributed by atoms with Gasteiger partial charge in [-0.05, 0) is 80.2 Å². The molecule has 3 heterocycles. The zero-order valence-electron chi connectivity index (χ0n) is 34.1. The molecule has 8 rings (SSSR count). The molecule has 0 N–H and O–H groups in total. The van der Waals surface area contributed by atoms with Crippen molar-refractivity contribution in [2.24, 2.45) is 5.41 Å². The minimum absolute atomic E-state index is 0. The Balaban J connectivity index is 0.000000254. The second kappa shape index (κ2) is 13.9. The predicted octanol–water partition coefficient (Wildman–Crippen LogP) is 12.5. The zero-order chi connectivity index (χ0) is 38.6. The minimum Gasteiger partial charge on any atom is -0.501 e. The largest absolute Gasteiger partial charge is 0.501 e. The second-order valence-corrected chi connectivity index (χ2v) is 14.5. The Morgan fingerprint density at radius 2 is 1.48 bits per heavy atom. The van der Waals surface area contributed by atoms with Gasteiger partial charge in [0, 0.05) is 44.7 Å². The van der Waals surface area contributed by atoms with Crippen molar-refractivity contribution in [1.29, 1.82) is 0 Å². The number of hydrogen-bond donors (Lipinski definition) is 0. The number of aryl methyl sites for hydroxylation is 1. The number of aromatic nitrogens is 2. The zero-order valence-corrected chi connectivity index (χ0v) is 31.5.